The van der Waals surface area contributed by atoms with E-state index < -0.39 is 0 Å². The normalized spacial score (nSPS) is 17.0. The van der Waals surface area contributed by atoms with Gasteiger partial charge in [0.25, 0.3) is 0 Å². The van der Waals surface area contributed by atoms with Gasteiger partial charge in [-0.2, -0.15) is 5.10 Å². The Kier molecular flexibility index (Phi) is 2.33. The van der Waals surface area contributed by atoms with E-state index in [0.29, 0.717) is 5.82 Å². The van der Waals surface area contributed by atoms with Gasteiger partial charge in [-0.05, 0) is 38.3 Å². The third kappa shape index (κ3) is 1.83. The van der Waals surface area contributed by atoms with Crippen molar-refractivity contribution in [1.82, 2.24) is 10.2 Å². The monoisotopic (exact) mass is 243 g/mol. The van der Waals surface area contributed by atoms with Crippen molar-refractivity contribution in [1.29, 1.82) is 0 Å². The van der Waals surface area contributed by atoms with Crippen molar-refractivity contribution in [3.05, 3.63) is 29.8 Å². The van der Waals surface area contributed by atoms with Gasteiger partial charge in [-0.1, -0.05) is 12.1 Å². The molecule has 3 N–H and O–H groups in total. The maximum Gasteiger partial charge on any atom is 0.145 e. The lowest BCUT2D eigenvalue weighted by molar-refractivity contribution is 0.0854. The molecule has 2 heterocycles. The summed E-state index contributed by atoms with van der Waals surface area (Å²) in [5.74, 6) is 1.45. The fraction of sp³-hybridized carbons (Fsp3) is 0.357. The van der Waals surface area contributed by atoms with E-state index in [4.69, 9.17) is 10.5 Å². The average Bonchev–Trinajstić information content (AvgIpc) is 2.74. The first-order valence-electron chi connectivity index (χ1n) is 6.17. The van der Waals surface area contributed by atoms with E-state index in [9.17, 15) is 0 Å². The number of hydrogen-bond donors (Lipinski definition) is 2. The minimum absolute atomic E-state index is 0.116. The topological polar surface area (TPSA) is 63.9 Å². The minimum atomic E-state index is -0.116. The highest BCUT2D eigenvalue weighted by Crippen LogP contribution is 2.40. The molecule has 1 aromatic carbocycles. The van der Waals surface area contributed by atoms with Gasteiger partial charge in [0, 0.05) is 11.6 Å². The number of fused-ring (bicyclic) bond motifs is 1. The fourth-order valence-electron chi connectivity index (χ4n) is 2.35. The van der Waals surface area contributed by atoms with Crippen molar-refractivity contribution in [2.24, 2.45) is 0 Å². The Morgan fingerprint density at radius 3 is 2.94 bits per heavy atom. The highest BCUT2D eigenvalue weighted by atomic mass is 16.5. The molecule has 0 unspecified atom stereocenters. The molecular formula is C14H17N3O. The molecule has 0 aliphatic carbocycles. The van der Waals surface area contributed by atoms with E-state index in [1.807, 2.05) is 18.2 Å². The molecule has 0 fully saturated rings. The molecule has 0 saturated heterocycles. The van der Waals surface area contributed by atoms with Gasteiger partial charge in [-0.15, -0.1) is 0 Å². The van der Waals surface area contributed by atoms with Crippen LogP contribution in [0.4, 0.5) is 5.82 Å². The number of nitrogens with two attached hydrogens (primary N) is 1. The SMILES string of the molecule is CC1(C)CCc2cccc(-c3cc(N)n[nH]3)c2O1. The van der Waals surface area contributed by atoms with Crippen molar-refractivity contribution in [3.8, 4) is 17.0 Å². The standard InChI is InChI=1S/C14H17N3O/c1-14(2)7-6-9-4-3-5-10(13(9)18-14)11-8-12(15)17-16-11/h3-5,8H,6-7H2,1-2H3,(H3,15,16,17). The number of H-pyrrole nitrogens is 1. The molecule has 1 aromatic heterocycles. The highest BCUT2D eigenvalue weighted by molar-refractivity contribution is 5.71. The highest BCUT2D eigenvalue weighted by Gasteiger charge is 2.28. The van der Waals surface area contributed by atoms with Crippen molar-refractivity contribution in [2.75, 3.05) is 5.73 Å². The predicted molar refractivity (Wildman–Crippen MR) is 71.5 cm³/mol. The molecule has 0 amide bonds. The number of aromatic amines is 1. The molecule has 4 nitrogen and oxygen atoms in total. The summed E-state index contributed by atoms with van der Waals surface area (Å²) in [6.45, 7) is 4.24. The number of hydrogen-bond acceptors (Lipinski definition) is 3. The molecule has 4 heteroatoms. The summed E-state index contributed by atoms with van der Waals surface area (Å²) >= 11 is 0. The van der Waals surface area contributed by atoms with Crippen LogP contribution in [0.25, 0.3) is 11.3 Å². The summed E-state index contributed by atoms with van der Waals surface area (Å²) in [6.07, 6.45) is 2.08. The number of aromatic nitrogens is 2. The third-order valence-corrected chi connectivity index (χ3v) is 3.36. The second kappa shape index (κ2) is 3.77. The predicted octanol–water partition coefficient (Wildman–Crippen LogP) is 2.76. The number of nitrogens with one attached hydrogen (secondary N) is 1. The van der Waals surface area contributed by atoms with E-state index in [1.165, 1.54) is 5.56 Å². The summed E-state index contributed by atoms with van der Waals surface area (Å²) in [5.41, 5.74) is 8.73. The van der Waals surface area contributed by atoms with Crippen molar-refractivity contribution in [3.63, 3.8) is 0 Å². The van der Waals surface area contributed by atoms with Gasteiger partial charge in [0.05, 0.1) is 5.69 Å². The zero-order valence-corrected chi connectivity index (χ0v) is 10.7. The van der Waals surface area contributed by atoms with E-state index in [1.54, 1.807) is 0 Å². The Morgan fingerprint density at radius 1 is 1.39 bits per heavy atom. The number of rotatable bonds is 1. The van der Waals surface area contributed by atoms with E-state index in [-0.39, 0.29) is 5.60 Å². The van der Waals surface area contributed by atoms with Crippen LogP contribution in [0.1, 0.15) is 25.8 Å². The van der Waals surface area contributed by atoms with Gasteiger partial charge >= 0.3 is 0 Å². The van der Waals surface area contributed by atoms with Crippen LogP contribution in [0.2, 0.25) is 0 Å². The van der Waals surface area contributed by atoms with Crippen LogP contribution in [0.3, 0.4) is 0 Å². The largest absolute Gasteiger partial charge is 0.487 e. The smallest absolute Gasteiger partial charge is 0.145 e. The van der Waals surface area contributed by atoms with E-state index in [0.717, 1.165) is 29.8 Å². The minimum Gasteiger partial charge on any atom is -0.487 e. The van der Waals surface area contributed by atoms with Gasteiger partial charge in [0.2, 0.25) is 0 Å². The van der Waals surface area contributed by atoms with Crippen LogP contribution in [-0.2, 0) is 6.42 Å². The molecule has 3 rings (SSSR count). The van der Waals surface area contributed by atoms with Gasteiger partial charge < -0.3 is 10.5 Å². The summed E-state index contributed by atoms with van der Waals surface area (Å²) in [6, 6.07) is 8.04. The lowest BCUT2D eigenvalue weighted by Gasteiger charge is -2.33. The van der Waals surface area contributed by atoms with Crippen molar-refractivity contribution in [2.45, 2.75) is 32.3 Å². The second-order valence-electron chi connectivity index (χ2n) is 5.36. The van der Waals surface area contributed by atoms with Gasteiger partial charge in [-0.25, -0.2) is 0 Å². The Labute approximate surface area is 106 Å². The Bertz CT molecular complexity index is 586. The molecule has 1 aliphatic rings. The zero-order valence-electron chi connectivity index (χ0n) is 10.7. The van der Waals surface area contributed by atoms with E-state index in [2.05, 4.69) is 30.1 Å². The molecule has 94 valence electrons. The van der Waals surface area contributed by atoms with E-state index >= 15 is 0 Å². The van der Waals surface area contributed by atoms with Crippen LogP contribution < -0.4 is 10.5 Å². The quantitative estimate of drug-likeness (QED) is 0.809. The molecule has 1 aliphatic heterocycles. The van der Waals surface area contributed by atoms with Crippen LogP contribution >= 0.6 is 0 Å². The number of aryl methyl sites for hydroxylation is 1. The first kappa shape index (κ1) is 11.1. The van der Waals surface area contributed by atoms with Crippen LogP contribution in [-0.4, -0.2) is 15.8 Å². The molecule has 0 atom stereocenters. The Morgan fingerprint density at radius 2 is 2.22 bits per heavy atom. The molecule has 0 spiro atoms. The van der Waals surface area contributed by atoms with Gasteiger partial charge in [-0.3, -0.25) is 5.10 Å². The Balaban J connectivity index is 2.12. The van der Waals surface area contributed by atoms with Gasteiger partial charge in [0.1, 0.15) is 17.2 Å². The summed E-state index contributed by atoms with van der Waals surface area (Å²) in [4.78, 5) is 0. The summed E-state index contributed by atoms with van der Waals surface area (Å²) in [5, 5.41) is 6.92. The molecule has 0 bridgehead atoms. The number of nitrogens with zero attached hydrogens (tertiary/aromatic N) is 1. The van der Waals surface area contributed by atoms with Crippen LogP contribution in [0.5, 0.6) is 5.75 Å². The second-order valence-corrected chi connectivity index (χ2v) is 5.36. The van der Waals surface area contributed by atoms with Crippen molar-refractivity contribution < 1.29 is 4.74 Å². The molecule has 2 aromatic rings. The number of para-hydroxylation sites is 1. The molecule has 18 heavy (non-hydrogen) atoms. The molecule has 0 radical (unpaired) electrons. The summed E-state index contributed by atoms with van der Waals surface area (Å²) in [7, 11) is 0. The molecular weight excluding hydrogens is 226 g/mol. The number of ether oxygens (including phenoxy) is 1. The fourth-order valence-corrected chi connectivity index (χ4v) is 2.35. The lowest BCUT2D eigenvalue weighted by atomic mass is 9.92. The maximum atomic E-state index is 6.13. The van der Waals surface area contributed by atoms with Crippen molar-refractivity contribution >= 4 is 5.82 Å². The molecule has 0 saturated carbocycles. The lowest BCUT2D eigenvalue weighted by Crippen LogP contribution is -2.32. The number of nitrogen functional groups attached to an aromatic ring is 1. The zero-order chi connectivity index (χ0) is 12.8. The third-order valence-electron chi connectivity index (χ3n) is 3.36. The van der Waals surface area contributed by atoms with Gasteiger partial charge in [0.15, 0.2) is 0 Å². The summed E-state index contributed by atoms with van der Waals surface area (Å²) < 4.78 is 6.13. The first-order valence-corrected chi connectivity index (χ1v) is 6.17. The first-order chi connectivity index (χ1) is 8.55. The van der Waals surface area contributed by atoms with Crippen LogP contribution in [0, 0.1) is 0 Å². The number of anilines is 1. The average molecular weight is 243 g/mol. The Hall–Kier alpha value is -1.97. The maximum absolute atomic E-state index is 6.13. The van der Waals surface area contributed by atoms with Crippen LogP contribution in [0.15, 0.2) is 24.3 Å². The number of benzene rings is 1.